The molecule has 0 bridgehead atoms. The number of nitrogens with zero attached hydrogens (tertiary/aromatic N) is 2. The van der Waals surface area contributed by atoms with Gasteiger partial charge < -0.3 is 28.4 Å². The molecule has 0 amide bonds. The van der Waals surface area contributed by atoms with Crippen molar-refractivity contribution in [1.29, 1.82) is 0 Å². The number of hydrogen-bond donors (Lipinski definition) is 0. The molecule has 0 N–H and O–H groups in total. The van der Waals surface area contributed by atoms with Crippen LogP contribution in [0.1, 0.15) is 61.3 Å². The third-order valence-electron chi connectivity index (χ3n) is 9.95. The summed E-state index contributed by atoms with van der Waals surface area (Å²) in [6.45, 7) is 11.5. The maximum atomic E-state index is 14.7. The lowest BCUT2D eigenvalue weighted by molar-refractivity contribution is 0.0846. The fourth-order valence-electron chi connectivity index (χ4n) is 7.04. The Kier molecular flexibility index (Phi) is 14.8. The van der Waals surface area contributed by atoms with Crippen LogP contribution in [-0.4, -0.2) is 56.0 Å². The number of anilines is 1. The molecule has 1 heterocycles. The van der Waals surface area contributed by atoms with E-state index in [0.717, 1.165) is 82.8 Å². The highest BCUT2D eigenvalue weighted by atomic mass is 35.5. The summed E-state index contributed by atoms with van der Waals surface area (Å²) >= 11 is 4.99. The molecule has 9 heteroatoms. The van der Waals surface area contributed by atoms with Gasteiger partial charge in [0.05, 0.1) is 57.1 Å². The van der Waals surface area contributed by atoms with Gasteiger partial charge in [0.2, 0.25) is 0 Å². The number of rotatable bonds is 18. The second-order valence-corrected chi connectivity index (χ2v) is 15.2. The van der Waals surface area contributed by atoms with E-state index in [1.807, 2.05) is 77.1 Å². The minimum absolute atomic E-state index is 0.0285. The van der Waals surface area contributed by atoms with Crippen molar-refractivity contribution >= 4 is 28.7 Å². The average Bonchev–Trinajstić information content (AvgIpc) is 3.35. The van der Waals surface area contributed by atoms with Crippen molar-refractivity contribution in [2.24, 2.45) is 5.92 Å². The van der Waals surface area contributed by atoms with Gasteiger partial charge in [0.15, 0.2) is 4.90 Å². The SMILES string of the molecule is C=CC(OC)C(CC)CCN1CC(c2ccc(Cl)cc2CCC)COc2ccc([S+]([O-])N(Cc3ccc(OC)cc3)Cc3ccc(OC)cc3)cc21. The minimum atomic E-state index is -1.49. The molecule has 0 aliphatic carbocycles. The van der Waals surface area contributed by atoms with Crippen LogP contribution in [0.25, 0.3) is 0 Å². The molecular formula is C43H53ClN2O5S. The summed E-state index contributed by atoms with van der Waals surface area (Å²) < 4.78 is 39.9. The highest BCUT2D eigenvalue weighted by Crippen LogP contribution is 2.39. The van der Waals surface area contributed by atoms with Crippen molar-refractivity contribution < 1.29 is 23.5 Å². The summed E-state index contributed by atoms with van der Waals surface area (Å²) in [6, 6.07) is 28.1. The predicted molar refractivity (Wildman–Crippen MR) is 213 cm³/mol. The van der Waals surface area contributed by atoms with Crippen molar-refractivity contribution in [3.8, 4) is 17.2 Å². The van der Waals surface area contributed by atoms with Crippen LogP contribution in [0.15, 0.2) is 102 Å². The lowest BCUT2D eigenvalue weighted by Gasteiger charge is -2.31. The van der Waals surface area contributed by atoms with E-state index in [0.29, 0.717) is 25.6 Å². The van der Waals surface area contributed by atoms with Crippen molar-refractivity contribution in [2.75, 3.05) is 45.9 Å². The van der Waals surface area contributed by atoms with Crippen LogP contribution < -0.4 is 19.1 Å². The molecule has 4 aromatic carbocycles. The van der Waals surface area contributed by atoms with Crippen LogP contribution in [0, 0.1) is 5.92 Å². The Balaban J connectivity index is 1.50. The molecule has 52 heavy (non-hydrogen) atoms. The Labute approximate surface area is 318 Å². The van der Waals surface area contributed by atoms with E-state index in [9.17, 15) is 4.55 Å². The van der Waals surface area contributed by atoms with Gasteiger partial charge in [-0.05, 0) is 89.5 Å². The van der Waals surface area contributed by atoms with Gasteiger partial charge in [-0.25, -0.2) is 0 Å². The molecule has 278 valence electrons. The summed E-state index contributed by atoms with van der Waals surface area (Å²) in [5, 5.41) is 0.753. The van der Waals surface area contributed by atoms with Crippen LogP contribution in [-0.2, 0) is 35.6 Å². The zero-order chi connectivity index (χ0) is 37.0. The second-order valence-electron chi connectivity index (χ2n) is 13.3. The first kappa shape index (κ1) is 39.5. The van der Waals surface area contributed by atoms with Crippen LogP contribution in [0.2, 0.25) is 5.02 Å². The van der Waals surface area contributed by atoms with E-state index >= 15 is 0 Å². The van der Waals surface area contributed by atoms with Gasteiger partial charge >= 0.3 is 0 Å². The lowest BCUT2D eigenvalue weighted by Crippen LogP contribution is -2.33. The molecule has 0 aromatic heterocycles. The molecule has 0 saturated heterocycles. The van der Waals surface area contributed by atoms with E-state index in [2.05, 4.69) is 43.5 Å². The summed E-state index contributed by atoms with van der Waals surface area (Å²) in [5.74, 6) is 2.80. The number of fused-ring (bicyclic) bond motifs is 1. The van der Waals surface area contributed by atoms with Gasteiger partial charge in [-0.15, -0.1) is 10.9 Å². The normalized spacial score (nSPS) is 16.0. The Hall–Kier alpha value is -3.66. The topological polar surface area (TPSA) is 66.5 Å². The molecule has 7 nitrogen and oxygen atoms in total. The van der Waals surface area contributed by atoms with E-state index in [1.54, 1.807) is 21.3 Å². The number of halogens is 1. The van der Waals surface area contributed by atoms with Gasteiger partial charge in [-0.3, -0.25) is 0 Å². The molecule has 4 atom stereocenters. The molecule has 4 aromatic rings. The first-order valence-corrected chi connectivity index (χ1v) is 19.7. The summed E-state index contributed by atoms with van der Waals surface area (Å²) in [6.07, 6.45) is 5.74. The quantitative estimate of drug-likeness (QED) is 0.0743. The number of benzene rings is 4. The molecule has 1 aliphatic heterocycles. The molecule has 0 spiro atoms. The van der Waals surface area contributed by atoms with Gasteiger partial charge in [0.25, 0.3) is 0 Å². The fourth-order valence-corrected chi connectivity index (χ4v) is 8.46. The van der Waals surface area contributed by atoms with Gasteiger partial charge in [-0.1, -0.05) is 74.7 Å². The zero-order valence-electron chi connectivity index (χ0n) is 31.2. The first-order valence-electron chi connectivity index (χ1n) is 18.2. The average molecular weight is 745 g/mol. The van der Waals surface area contributed by atoms with Crippen LogP contribution >= 0.6 is 11.6 Å². The van der Waals surface area contributed by atoms with Crippen molar-refractivity contribution in [3.63, 3.8) is 0 Å². The van der Waals surface area contributed by atoms with Gasteiger partial charge in [-0.2, -0.15) is 0 Å². The summed E-state index contributed by atoms with van der Waals surface area (Å²) in [5.41, 5.74) is 5.57. The maximum absolute atomic E-state index is 14.7. The van der Waals surface area contributed by atoms with E-state index < -0.39 is 11.4 Å². The van der Waals surface area contributed by atoms with Crippen LogP contribution in [0.3, 0.4) is 0 Å². The smallest absolute Gasteiger partial charge is 0.176 e. The summed E-state index contributed by atoms with van der Waals surface area (Å²) in [4.78, 5) is 3.15. The fraction of sp³-hybridized carbons (Fsp3) is 0.395. The third kappa shape index (κ3) is 10.1. The molecule has 0 saturated carbocycles. The van der Waals surface area contributed by atoms with E-state index in [-0.39, 0.29) is 12.0 Å². The lowest BCUT2D eigenvalue weighted by atomic mass is 9.91. The first-order chi connectivity index (χ1) is 25.3. The second kappa shape index (κ2) is 19.4. The molecule has 0 radical (unpaired) electrons. The highest BCUT2D eigenvalue weighted by molar-refractivity contribution is 7.89. The standard InChI is InChI=1S/C43H53ClN2O5S/c1-7-10-34-25-36(44)15-21-40(34)35-29-45(24-23-33(8-2)42(9-3)50-6)41-26-39(20-22-43(41)51-30-35)52(47)46(27-31-11-16-37(48-4)17-12-31)28-32-13-18-38(49-5)19-14-32/h9,11-22,25-26,33,35,42H,3,7-8,10,23-24,27-30H2,1-2,4-6H3. The third-order valence-corrected chi connectivity index (χ3v) is 11.6. The van der Waals surface area contributed by atoms with Crippen LogP contribution in [0.5, 0.6) is 17.2 Å². The Morgan fingerprint density at radius 1 is 0.942 bits per heavy atom. The molecular weight excluding hydrogens is 692 g/mol. The molecule has 5 rings (SSSR count). The molecule has 4 unspecified atom stereocenters. The van der Waals surface area contributed by atoms with Gasteiger partial charge in [0, 0.05) is 37.2 Å². The molecule has 1 aliphatic rings. The largest absolute Gasteiger partial charge is 0.593 e. The number of ether oxygens (including phenoxy) is 4. The highest BCUT2D eigenvalue weighted by Gasteiger charge is 2.31. The van der Waals surface area contributed by atoms with E-state index in [1.165, 1.54) is 11.1 Å². The van der Waals surface area contributed by atoms with E-state index in [4.69, 9.17) is 30.5 Å². The maximum Gasteiger partial charge on any atom is 0.176 e. The summed E-state index contributed by atoms with van der Waals surface area (Å²) in [7, 11) is 5.07. The number of aryl methyl sites for hydroxylation is 1. The molecule has 0 fully saturated rings. The predicted octanol–water partition coefficient (Wildman–Crippen LogP) is 9.63. The van der Waals surface area contributed by atoms with Crippen LogP contribution in [0.4, 0.5) is 5.69 Å². The minimum Gasteiger partial charge on any atom is -0.593 e. The van der Waals surface area contributed by atoms with Crippen molar-refractivity contribution in [1.82, 2.24) is 4.31 Å². The Bertz CT molecular complexity index is 1670. The monoisotopic (exact) mass is 744 g/mol. The Morgan fingerprint density at radius 3 is 2.15 bits per heavy atom. The van der Waals surface area contributed by atoms with Crippen molar-refractivity contribution in [2.45, 2.75) is 69.5 Å². The Morgan fingerprint density at radius 2 is 1.60 bits per heavy atom. The number of methoxy groups -OCH3 is 3. The zero-order valence-corrected chi connectivity index (χ0v) is 32.8. The van der Waals surface area contributed by atoms with Crippen molar-refractivity contribution in [3.05, 3.63) is 125 Å². The van der Waals surface area contributed by atoms with Gasteiger partial charge in [0.1, 0.15) is 17.2 Å². The number of hydrogen-bond acceptors (Lipinski definition) is 7.